The van der Waals surface area contributed by atoms with Crippen LogP contribution in [0.4, 0.5) is 10.1 Å². The largest absolute Gasteiger partial charge is 0.366 e. The third-order valence-electron chi connectivity index (χ3n) is 6.05. The lowest BCUT2D eigenvalue weighted by molar-refractivity contribution is 0.0746. The van der Waals surface area contributed by atoms with Gasteiger partial charge >= 0.3 is 0 Å². The van der Waals surface area contributed by atoms with Gasteiger partial charge in [-0.3, -0.25) is 9.59 Å². The van der Waals surface area contributed by atoms with Crippen molar-refractivity contribution in [2.75, 3.05) is 44.2 Å². The Morgan fingerprint density at radius 1 is 0.875 bits per heavy atom. The van der Waals surface area contributed by atoms with Gasteiger partial charge in [0.1, 0.15) is 5.82 Å². The molecule has 0 spiro atoms. The highest BCUT2D eigenvalue weighted by Gasteiger charge is 2.29. The van der Waals surface area contributed by atoms with Gasteiger partial charge in [-0.2, -0.15) is 4.31 Å². The van der Waals surface area contributed by atoms with Crippen molar-refractivity contribution in [1.82, 2.24) is 9.21 Å². The maximum atomic E-state index is 14.5. The monoisotopic (exact) mass is 459 g/mol. The molecule has 2 fully saturated rings. The number of nitrogens with zero attached hydrogens (tertiary/aromatic N) is 3. The lowest BCUT2D eigenvalue weighted by atomic mass is 10.1. The molecule has 7 nitrogen and oxygen atoms in total. The van der Waals surface area contributed by atoms with Crippen molar-refractivity contribution in [3.8, 4) is 0 Å². The number of hydrogen-bond donors (Lipinski definition) is 0. The summed E-state index contributed by atoms with van der Waals surface area (Å²) in [7, 11) is -3.60. The molecule has 0 aliphatic carbocycles. The first kappa shape index (κ1) is 22.4. The number of piperazine rings is 1. The van der Waals surface area contributed by atoms with Crippen LogP contribution in [0.15, 0.2) is 47.4 Å². The van der Waals surface area contributed by atoms with Crippen LogP contribution in [0.25, 0.3) is 0 Å². The molecule has 2 aromatic carbocycles. The molecule has 2 heterocycles. The number of ketones is 1. The molecule has 2 aliphatic rings. The molecule has 0 radical (unpaired) electrons. The van der Waals surface area contributed by atoms with Crippen molar-refractivity contribution >= 4 is 27.4 Å². The fourth-order valence-electron chi connectivity index (χ4n) is 4.18. The van der Waals surface area contributed by atoms with Crippen LogP contribution in [0.5, 0.6) is 0 Å². The van der Waals surface area contributed by atoms with Crippen molar-refractivity contribution in [2.45, 2.75) is 24.7 Å². The first-order valence-corrected chi connectivity index (χ1v) is 12.2. The standard InChI is InChI=1S/C23H26FN3O4S/c1-17(28)18-7-8-22(21(24)16-18)25-11-13-26(14-12-25)23(29)19-5-4-6-20(15-19)32(30,31)27-9-2-3-10-27/h4-8,15-16H,2-3,9-14H2,1H3. The van der Waals surface area contributed by atoms with E-state index in [1.165, 1.54) is 29.4 Å². The lowest BCUT2D eigenvalue weighted by Crippen LogP contribution is -2.49. The number of anilines is 1. The van der Waals surface area contributed by atoms with Gasteiger partial charge in [0.15, 0.2) is 5.78 Å². The number of Topliss-reactive ketones (excluding diaryl/α,β-unsaturated/α-hetero) is 1. The smallest absolute Gasteiger partial charge is 0.254 e. The molecule has 1 amide bonds. The molecule has 170 valence electrons. The number of benzene rings is 2. The van der Waals surface area contributed by atoms with E-state index in [-0.39, 0.29) is 16.6 Å². The van der Waals surface area contributed by atoms with Gasteiger partial charge in [-0.25, -0.2) is 12.8 Å². The van der Waals surface area contributed by atoms with Crippen LogP contribution in [0.2, 0.25) is 0 Å². The number of halogens is 1. The zero-order valence-corrected chi connectivity index (χ0v) is 18.8. The van der Waals surface area contributed by atoms with Crippen molar-refractivity contribution in [2.24, 2.45) is 0 Å². The second-order valence-electron chi connectivity index (χ2n) is 8.14. The van der Waals surface area contributed by atoms with E-state index < -0.39 is 15.8 Å². The predicted octanol–water partition coefficient (Wildman–Crippen LogP) is 2.78. The van der Waals surface area contributed by atoms with E-state index in [0.29, 0.717) is 56.1 Å². The van der Waals surface area contributed by atoms with E-state index in [4.69, 9.17) is 0 Å². The van der Waals surface area contributed by atoms with Gasteiger partial charge in [-0.05, 0) is 56.2 Å². The van der Waals surface area contributed by atoms with Crippen LogP contribution in [0.3, 0.4) is 0 Å². The molecular formula is C23H26FN3O4S. The summed E-state index contributed by atoms with van der Waals surface area (Å²) in [4.78, 5) is 28.1. The van der Waals surface area contributed by atoms with Crippen molar-refractivity contribution < 1.29 is 22.4 Å². The third kappa shape index (κ3) is 4.40. The van der Waals surface area contributed by atoms with Crippen molar-refractivity contribution in [3.05, 3.63) is 59.4 Å². The molecule has 0 saturated carbocycles. The Bertz CT molecular complexity index is 1140. The van der Waals surface area contributed by atoms with Crippen LogP contribution in [0, 0.1) is 5.82 Å². The zero-order valence-electron chi connectivity index (χ0n) is 18.0. The molecule has 2 saturated heterocycles. The van der Waals surface area contributed by atoms with Crippen LogP contribution in [-0.2, 0) is 10.0 Å². The first-order chi connectivity index (χ1) is 15.3. The average molecular weight is 460 g/mol. The molecule has 0 atom stereocenters. The van der Waals surface area contributed by atoms with Crippen LogP contribution >= 0.6 is 0 Å². The summed E-state index contributed by atoms with van der Waals surface area (Å²) < 4.78 is 41.6. The summed E-state index contributed by atoms with van der Waals surface area (Å²) in [6, 6.07) is 10.6. The summed E-state index contributed by atoms with van der Waals surface area (Å²) in [5, 5.41) is 0. The fraction of sp³-hybridized carbons (Fsp3) is 0.391. The Hall–Kier alpha value is -2.78. The number of hydrogen-bond acceptors (Lipinski definition) is 5. The second kappa shape index (κ2) is 8.99. The fourth-order valence-corrected chi connectivity index (χ4v) is 5.75. The molecule has 0 unspecified atom stereocenters. The summed E-state index contributed by atoms with van der Waals surface area (Å²) in [5.74, 6) is -0.896. The number of carbonyl (C=O) groups is 2. The molecule has 2 aliphatic heterocycles. The Labute approximate surface area is 187 Å². The highest BCUT2D eigenvalue weighted by Crippen LogP contribution is 2.24. The summed E-state index contributed by atoms with van der Waals surface area (Å²) in [6.45, 7) is 4.05. The topological polar surface area (TPSA) is 78.0 Å². The first-order valence-electron chi connectivity index (χ1n) is 10.7. The SMILES string of the molecule is CC(=O)c1ccc(N2CCN(C(=O)c3cccc(S(=O)(=O)N4CCCC4)c3)CC2)c(F)c1. The third-order valence-corrected chi connectivity index (χ3v) is 7.94. The van der Waals surface area contributed by atoms with Crippen molar-refractivity contribution in [3.63, 3.8) is 0 Å². The average Bonchev–Trinajstić information content (AvgIpc) is 3.35. The van der Waals surface area contributed by atoms with Gasteiger partial charge in [-0.15, -0.1) is 0 Å². The molecule has 2 aromatic rings. The van der Waals surface area contributed by atoms with Crippen LogP contribution in [-0.4, -0.2) is 68.6 Å². The molecule has 32 heavy (non-hydrogen) atoms. The normalized spacial score (nSPS) is 17.6. The van der Waals surface area contributed by atoms with Gasteiger partial charge in [0.2, 0.25) is 10.0 Å². The van der Waals surface area contributed by atoms with Crippen molar-refractivity contribution in [1.29, 1.82) is 0 Å². The Morgan fingerprint density at radius 3 is 2.19 bits per heavy atom. The molecule has 9 heteroatoms. The van der Waals surface area contributed by atoms with E-state index >= 15 is 0 Å². The van der Waals surface area contributed by atoms with Crippen LogP contribution in [0.1, 0.15) is 40.5 Å². The molecule has 0 N–H and O–H groups in total. The van der Waals surface area contributed by atoms with Crippen LogP contribution < -0.4 is 4.90 Å². The van der Waals surface area contributed by atoms with Gasteiger partial charge in [0.25, 0.3) is 5.91 Å². The quantitative estimate of drug-likeness (QED) is 0.643. The minimum Gasteiger partial charge on any atom is -0.366 e. The highest BCUT2D eigenvalue weighted by atomic mass is 32.2. The van der Waals surface area contributed by atoms with Gasteiger partial charge in [-0.1, -0.05) is 6.07 Å². The van der Waals surface area contributed by atoms with E-state index in [1.54, 1.807) is 29.2 Å². The van der Waals surface area contributed by atoms with Gasteiger partial charge in [0, 0.05) is 50.4 Å². The minimum atomic E-state index is -3.60. The maximum Gasteiger partial charge on any atom is 0.254 e. The summed E-state index contributed by atoms with van der Waals surface area (Å²) in [5.41, 5.74) is 1.06. The van der Waals surface area contributed by atoms with E-state index in [9.17, 15) is 22.4 Å². The molecule has 0 bridgehead atoms. The minimum absolute atomic E-state index is 0.136. The van der Waals surface area contributed by atoms with Gasteiger partial charge in [0.05, 0.1) is 10.6 Å². The predicted molar refractivity (Wildman–Crippen MR) is 119 cm³/mol. The van der Waals surface area contributed by atoms with E-state index in [1.807, 2.05) is 4.90 Å². The lowest BCUT2D eigenvalue weighted by Gasteiger charge is -2.36. The number of carbonyl (C=O) groups excluding carboxylic acids is 2. The number of amides is 1. The summed E-state index contributed by atoms with van der Waals surface area (Å²) in [6.07, 6.45) is 1.69. The van der Waals surface area contributed by atoms with Gasteiger partial charge < -0.3 is 9.80 Å². The van der Waals surface area contributed by atoms with E-state index in [0.717, 1.165) is 12.8 Å². The zero-order chi connectivity index (χ0) is 22.9. The number of rotatable bonds is 5. The van der Waals surface area contributed by atoms with E-state index in [2.05, 4.69) is 0 Å². The molecular weight excluding hydrogens is 433 g/mol. The molecule has 0 aromatic heterocycles. The Kier molecular flexibility index (Phi) is 6.30. The second-order valence-corrected chi connectivity index (χ2v) is 10.1. The maximum absolute atomic E-state index is 14.5. The Morgan fingerprint density at radius 2 is 1.56 bits per heavy atom. The number of sulfonamides is 1. The Balaban J connectivity index is 1.44. The summed E-state index contributed by atoms with van der Waals surface area (Å²) >= 11 is 0. The highest BCUT2D eigenvalue weighted by molar-refractivity contribution is 7.89. The molecule has 4 rings (SSSR count).